The van der Waals surface area contributed by atoms with Gasteiger partial charge in [-0.2, -0.15) is 0 Å². The highest BCUT2D eigenvalue weighted by atomic mass is 16.5. The summed E-state index contributed by atoms with van der Waals surface area (Å²) in [5, 5.41) is 3.54. The zero-order chi connectivity index (χ0) is 13.0. The van der Waals surface area contributed by atoms with Gasteiger partial charge in [0, 0.05) is 38.5 Å². The highest BCUT2D eigenvalue weighted by Gasteiger charge is 2.25. The molecule has 1 aromatic rings. The number of hydrogen-bond acceptors (Lipinski definition) is 3. The van der Waals surface area contributed by atoms with Crippen molar-refractivity contribution < 1.29 is 4.74 Å². The molecule has 100 valence electrons. The lowest BCUT2D eigenvalue weighted by atomic mass is 10.1. The molecule has 0 spiro atoms. The smallest absolute Gasteiger partial charge is 0.0711 e. The molecule has 2 rings (SSSR count). The fourth-order valence-electron chi connectivity index (χ4n) is 2.68. The van der Waals surface area contributed by atoms with E-state index in [0.717, 1.165) is 26.1 Å². The van der Waals surface area contributed by atoms with Gasteiger partial charge >= 0.3 is 0 Å². The third-order valence-electron chi connectivity index (χ3n) is 3.79. The summed E-state index contributed by atoms with van der Waals surface area (Å²) < 4.78 is 5.41. The lowest BCUT2D eigenvalue weighted by molar-refractivity contribution is 0.117. The van der Waals surface area contributed by atoms with Gasteiger partial charge in [0.25, 0.3) is 0 Å². The zero-order valence-corrected chi connectivity index (χ0v) is 11.6. The second-order valence-corrected chi connectivity index (χ2v) is 5.02. The second kappa shape index (κ2) is 6.21. The molecule has 0 aliphatic carbocycles. The minimum atomic E-state index is 0.380. The molecule has 0 aromatic heterocycles. The van der Waals surface area contributed by atoms with Crippen molar-refractivity contribution in [1.82, 2.24) is 5.32 Å². The number of rotatable bonds is 5. The SMILES string of the molecule is CCN(CC1CC(OC)CN1)c1ccccc1C. The molecule has 1 fully saturated rings. The average molecular weight is 248 g/mol. The highest BCUT2D eigenvalue weighted by molar-refractivity contribution is 5.53. The summed E-state index contributed by atoms with van der Waals surface area (Å²) in [4.78, 5) is 2.45. The van der Waals surface area contributed by atoms with Crippen LogP contribution in [0.3, 0.4) is 0 Å². The van der Waals surface area contributed by atoms with Gasteiger partial charge in [-0.05, 0) is 31.9 Å². The van der Waals surface area contributed by atoms with Gasteiger partial charge in [0.2, 0.25) is 0 Å². The monoisotopic (exact) mass is 248 g/mol. The molecule has 1 aliphatic heterocycles. The Morgan fingerprint density at radius 3 is 2.78 bits per heavy atom. The van der Waals surface area contributed by atoms with E-state index in [0.29, 0.717) is 12.1 Å². The number of methoxy groups -OCH3 is 1. The van der Waals surface area contributed by atoms with E-state index in [9.17, 15) is 0 Å². The number of likely N-dealkylation sites (N-methyl/N-ethyl adjacent to an activating group) is 1. The van der Waals surface area contributed by atoms with Gasteiger partial charge < -0.3 is 15.0 Å². The minimum Gasteiger partial charge on any atom is -0.380 e. The Balaban J connectivity index is 2.00. The van der Waals surface area contributed by atoms with Crippen molar-refractivity contribution in [3.05, 3.63) is 29.8 Å². The summed E-state index contributed by atoms with van der Waals surface area (Å²) in [6.45, 7) is 7.47. The number of hydrogen-bond donors (Lipinski definition) is 1. The van der Waals surface area contributed by atoms with Crippen molar-refractivity contribution >= 4 is 5.69 Å². The first-order valence-electron chi connectivity index (χ1n) is 6.81. The third-order valence-corrected chi connectivity index (χ3v) is 3.79. The summed E-state index contributed by atoms with van der Waals surface area (Å²) in [5.74, 6) is 0. The number of benzene rings is 1. The van der Waals surface area contributed by atoms with E-state index in [4.69, 9.17) is 4.74 Å². The summed E-state index contributed by atoms with van der Waals surface area (Å²) in [5.41, 5.74) is 2.70. The van der Waals surface area contributed by atoms with E-state index in [1.807, 2.05) is 0 Å². The lowest BCUT2D eigenvalue weighted by Gasteiger charge is -2.28. The van der Waals surface area contributed by atoms with E-state index in [-0.39, 0.29) is 0 Å². The van der Waals surface area contributed by atoms with Crippen LogP contribution >= 0.6 is 0 Å². The standard InChI is InChI=1S/C15H24N2O/c1-4-17(15-8-6-5-7-12(15)2)11-13-9-14(18-3)10-16-13/h5-8,13-14,16H,4,9-11H2,1-3H3. The fourth-order valence-corrected chi connectivity index (χ4v) is 2.68. The molecule has 2 unspecified atom stereocenters. The molecular weight excluding hydrogens is 224 g/mol. The Morgan fingerprint density at radius 2 is 2.17 bits per heavy atom. The first-order chi connectivity index (χ1) is 8.74. The molecule has 0 bridgehead atoms. The Labute approximate surface area is 110 Å². The average Bonchev–Trinajstić information content (AvgIpc) is 2.85. The molecule has 3 nitrogen and oxygen atoms in total. The number of nitrogens with zero attached hydrogens (tertiary/aromatic N) is 1. The molecule has 0 saturated carbocycles. The summed E-state index contributed by atoms with van der Waals surface area (Å²) in [6, 6.07) is 9.14. The molecule has 1 aromatic carbocycles. The van der Waals surface area contributed by atoms with E-state index < -0.39 is 0 Å². The van der Waals surface area contributed by atoms with Crippen LogP contribution in [0.4, 0.5) is 5.69 Å². The van der Waals surface area contributed by atoms with Crippen LogP contribution in [-0.4, -0.2) is 38.9 Å². The van der Waals surface area contributed by atoms with E-state index in [1.165, 1.54) is 11.3 Å². The molecule has 1 heterocycles. The molecule has 1 aliphatic rings. The van der Waals surface area contributed by atoms with Crippen LogP contribution in [0.1, 0.15) is 18.9 Å². The van der Waals surface area contributed by atoms with Crippen molar-refractivity contribution in [1.29, 1.82) is 0 Å². The van der Waals surface area contributed by atoms with Crippen molar-refractivity contribution in [3.63, 3.8) is 0 Å². The van der Waals surface area contributed by atoms with Gasteiger partial charge in [0.15, 0.2) is 0 Å². The molecule has 1 saturated heterocycles. The number of ether oxygens (including phenoxy) is 1. The van der Waals surface area contributed by atoms with Gasteiger partial charge in [0.1, 0.15) is 0 Å². The van der Waals surface area contributed by atoms with Crippen LogP contribution in [0, 0.1) is 6.92 Å². The maximum atomic E-state index is 5.41. The first-order valence-corrected chi connectivity index (χ1v) is 6.81. The molecule has 18 heavy (non-hydrogen) atoms. The van der Waals surface area contributed by atoms with E-state index in [2.05, 4.69) is 48.3 Å². The number of anilines is 1. The normalized spacial score (nSPS) is 23.3. The molecule has 1 N–H and O–H groups in total. The van der Waals surface area contributed by atoms with Crippen molar-refractivity contribution in [3.8, 4) is 0 Å². The molecular formula is C15H24N2O. The summed E-state index contributed by atoms with van der Waals surface area (Å²) in [6.07, 6.45) is 1.49. The maximum Gasteiger partial charge on any atom is 0.0711 e. The maximum absolute atomic E-state index is 5.41. The molecule has 0 radical (unpaired) electrons. The Morgan fingerprint density at radius 1 is 1.39 bits per heavy atom. The second-order valence-electron chi connectivity index (χ2n) is 5.02. The Kier molecular flexibility index (Phi) is 4.61. The van der Waals surface area contributed by atoms with Gasteiger partial charge in [-0.25, -0.2) is 0 Å². The van der Waals surface area contributed by atoms with Crippen LogP contribution in [0.15, 0.2) is 24.3 Å². The van der Waals surface area contributed by atoms with E-state index in [1.54, 1.807) is 7.11 Å². The molecule has 3 heteroatoms. The Bertz CT molecular complexity index is 381. The Hall–Kier alpha value is -1.06. The highest BCUT2D eigenvalue weighted by Crippen LogP contribution is 2.21. The number of para-hydroxylation sites is 1. The van der Waals surface area contributed by atoms with Crippen LogP contribution < -0.4 is 10.2 Å². The minimum absolute atomic E-state index is 0.380. The van der Waals surface area contributed by atoms with Gasteiger partial charge in [-0.15, -0.1) is 0 Å². The number of nitrogens with one attached hydrogen (secondary N) is 1. The van der Waals surface area contributed by atoms with Crippen LogP contribution in [0.2, 0.25) is 0 Å². The van der Waals surface area contributed by atoms with Crippen molar-refractivity contribution in [2.75, 3.05) is 31.6 Å². The van der Waals surface area contributed by atoms with Crippen LogP contribution in [0.5, 0.6) is 0 Å². The van der Waals surface area contributed by atoms with Crippen LogP contribution in [-0.2, 0) is 4.74 Å². The van der Waals surface area contributed by atoms with E-state index >= 15 is 0 Å². The predicted molar refractivity (Wildman–Crippen MR) is 76.3 cm³/mol. The topological polar surface area (TPSA) is 24.5 Å². The molecule has 0 amide bonds. The van der Waals surface area contributed by atoms with Gasteiger partial charge in [-0.3, -0.25) is 0 Å². The van der Waals surface area contributed by atoms with Crippen molar-refractivity contribution in [2.45, 2.75) is 32.4 Å². The third kappa shape index (κ3) is 3.03. The summed E-state index contributed by atoms with van der Waals surface area (Å²) in [7, 11) is 1.80. The largest absolute Gasteiger partial charge is 0.380 e. The zero-order valence-electron chi connectivity index (χ0n) is 11.6. The number of aryl methyl sites for hydroxylation is 1. The summed E-state index contributed by atoms with van der Waals surface area (Å²) >= 11 is 0. The fraction of sp³-hybridized carbons (Fsp3) is 0.600. The lowest BCUT2D eigenvalue weighted by Crippen LogP contribution is -2.37. The van der Waals surface area contributed by atoms with Crippen molar-refractivity contribution in [2.24, 2.45) is 0 Å². The quantitative estimate of drug-likeness (QED) is 0.864. The first kappa shape index (κ1) is 13.4. The van der Waals surface area contributed by atoms with Gasteiger partial charge in [-0.1, -0.05) is 18.2 Å². The molecule has 2 atom stereocenters. The van der Waals surface area contributed by atoms with Gasteiger partial charge in [0.05, 0.1) is 6.10 Å². The predicted octanol–water partition coefficient (Wildman–Crippen LogP) is 2.20. The van der Waals surface area contributed by atoms with Crippen LogP contribution in [0.25, 0.3) is 0 Å².